The third kappa shape index (κ3) is 2.38. The van der Waals surface area contributed by atoms with Crippen LogP contribution in [0, 0.1) is 0 Å². The van der Waals surface area contributed by atoms with E-state index in [9.17, 15) is 4.79 Å². The molecular weight excluding hydrogens is 224 g/mol. The van der Waals surface area contributed by atoms with Gasteiger partial charge in [-0.3, -0.25) is 9.78 Å². The number of primary amides is 1. The molecule has 82 valence electrons. The Kier molecular flexibility index (Phi) is 4.03. The van der Waals surface area contributed by atoms with E-state index in [2.05, 4.69) is 4.98 Å². The van der Waals surface area contributed by atoms with Crippen LogP contribution in [0.3, 0.4) is 0 Å². The molecule has 0 radical (unpaired) electrons. The molecule has 0 unspecified atom stereocenters. The van der Waals surface area contributed by atoms with Gasteiger partial charge in [0.1, 0.15) is 0 Å². The van der Waals surface area contributed by atoms with Crippen LogP contribution in [0.4, 0.5) is 0 Å². The summed E-state index contributed by atoms with van der Waals surface area (Å²) in [4.78, 5) is 15.4. The van der Waals surface area contributed by atoms with Gasteiger partial charge in [0.15, 0.2) is 0 Å². The van der Waals surface area contributed by atoms with Gasteiger partial charge in [-0.15, -0.1) is 12.4 Å². The highest BCUT2D eigenvalue weighted by Gasteiger charge is 2.08. The van der Waals surface area contributed by atoms with Crippen molar-refractivity contribution in [2.24, 2.45) is 5.73 Å². The first-order valence-corrected chi connectivity index (χ1v) is 4.59. The Morgan fingerprint density at radius 2 is 1.75 bits per heavy atom. The van der Waals surface area contributed by atoms with E-state index in [0.29, 0.717) is 5.56 Å². The number of nitrogens with two attached hydrogens (primary N) is 1. The number of carbonyl (C=O) groups excluding carboxylic acids is 1. The van der Waals surface area contributed by atoms with Crippen LogP contribution in [0.25, 0.3) is 11.3 Å². The second-order valence-corrected chi connectivity index (χ2v) is 3.12. The van der Waals surface area contributed by atoms with Crippen LogP contribution in [0.1, 0.15) is 10.4 Å². The van der Waals surface area contributed by atoms with Crippen molar-refractivity contribution in [1.29, 1.82) is 0 Å². The number of halogens is 1. The number of benzene rings is 1. The van der Waals surface area contributed by atoms with Gasteiger partial charge in [0.2, 0.25) is 5.91 Å². The van der Waals surface area contributed by atoms with Gasteiger partial charge in [0.25, 0.3) is 0 Å². The molecule has 0 aliphatic rings. The smallest absolute Gasteiger partial charge is 0.249 e. The first kappa shape index (κ1) is 12.2. The fraction of sp³-hybridized carbons (Fsp3) is 0. The lowest BCUT2D eigenvalue weighted by molar-refractivity contribution is 0.100. The largest absolute Gasteiger partial charge is 0.366 e. The normalized spacial score (nSPS) is 9.25. The van der Waals surface area contributed by atoms with Crippen molar-refractivity contribution in [3.05, 3.63) is 54.2 Å². The van der Waals surface area contributed by atoms with Gasteiger partial charge >= 0.3 is 0 Å². The van der Waals surface area contributed by atoms with E-state index in [1.807, 2.05) is 30.3 Å². The molecule has 0 fully saturated rings. The van der Waals surface area contributed by atoms with E-state index in [1.54, 1.807) is 18.3 Å². The molecule has 3 nitrogen and oxygen atoms in total. The van der Waals surface area contributed by atoms with Crippen molar-refractivity contribution in [2.75, 3.05) is 0 Å². The summed E-state index contributed by atoms with van der Waals surface area (Å²) in [5.41, 5.74) is 7.31. The number of carbonyl (C=O) groups is 1. The molecule has 2 aromatic rings. The molecule has 0 aliphatic heterocycles. The average molecular weight is 235 g/mol. The molecule has 4 heteroatoms. The highest BCUT2D eigenvalue weighted by Crippen LogP contribution is 2.20. The Labute approximate surface area is 99.7 Å². The van der Waals surface area contributed by atoms with Gasteiger partial charge in [-0.2, -0.15) is 0 Å². The first-order valence-electron chi connectivity index (χ1n) is 4.59. The Hall–Kier alpha value is -1.87. The van der Waals surface area contributed by atoms with Crippen molar-refractivity contribution >= 4 is 18.3 Å². The van der Waals surface area contributed by atoms with Crippen LogP contribution in [0.5, 0.6) is 0 Å². The Morgan fingerprint density at radius 3 is 2.38 bits per heavy atom. The van der Waals surface area contributed by atoms with Gasteiger partial charge in [0, 0.05) is 17.3 Å². The second-order valence-electron chi connectivity index (χ2n) is 3.12. The van der Waals surface area contributed by atoms with Crippen molar-refractivity contribution in [1.82, 2.24) is 4.98 Å². The van der Waals surface area contributed by atoms with E-state index in [4.69, 9.17) is 5.73 Å². The third-order valence-electron chi connectivity index (χ3n) is 2.13. The lowest BCUT2D eigenvalue weighted by Crippen LogP contribution is -2.12. The van der Waals surface area contributed by atoms with Crippen LogP contribution in [0.15, 0.2) is 48.7 Å². The minimum Gasteiger partial charge on any atom is -0.366 e. The summed E-state index contributed by atoms with van der Waals surface area (Å²) in [6.07, 6.45) is 1.69. The number of amides is 1. The van der Waals surface area contributed by atoms with Gasteiger partial charge in [-0.25, -0.2) is 0 Å². The lowest BCUT2D eigenvalue weighted by Gasteiger charge is -2.04. The summed E-state index contributed by atoms with van der Waals surface area (Å²) in [5, 5.41) is 0. The van der Waals surface area contributed by atoms with Crippen LogP contribution in [0.2, 0.25) is 0 Å². The maximum absolute atomic E-state index is 11.2. The molecule has 1 amide bonds. The number of hydrogen-bond donors (Lipinski definition) is 1. The topological polar surface area (TPSA) is 56.0 Å². The van der Waals surface area contributed by atoms with Gasteiger partial charge in [0.05, 0.1) is 5.69 Å². The third-order valence-corrected chi connectivity index (χ3v) is 2.13. The van der Waals surface area contributed by atoms with Crippen LogP contribution in [-0.2, 0) is 0 Å². The molecule has 0 saturated heterocycles. The molecule has 0 atom stereocenters. The second kappa shape index (κ2) is 5.28. The summed E-state index contributed by atoms with van der Waals surface area (Å²) in [7, 11) is 0. The van der Waals surface area contributed by atoms with Gasteiger partial charge in [-0.05, 0) is 18.2 Å². The van der Waals surface area contributed by atoms with Crippen molar-refractivity contribution in [3.63, 3.8) is 0 Å². The number of pyridine rings is 1. The number of rotatable bonds is 2. The molecule has 1 aromatic carbocycles. The van der Waals surface area contributed by atoms with E-state index < -0.39 is 5.91 Å². The summed E-state index contributed by atoms with van der Waals surface area (Å²) in [6, 6.07) is 12.7. The minimum atomic E-state index is -0.434. The Balaban J connectivity index is 0.00000128. The van der Waals surface area contributed by atoms with Crippen LogP contribution >= 0.6 is 12.4 Å². The quantitative estimate of drug-likeness (QED) is 0.867. The predicted octanol–water partition coefficient (Wildman–Crippen LogP) is 2.27. The molecule has 2 rings (SSSR count). The van der Waals surface area contributed by atoms with Crippen molar-refractivity contribution < 1.29 is 4.79 Å². The summed E-state index contributed by atoms with van der Waals surface area (Å²) in [5.74, 6) is -0.434. The molecule has 0 saturated carbocycles. The monoisotopic (exact) mass is 234 g/mol. The molecule has 0 spiro atoms. The molecule has 2 N–H and O–H groups in total. The molecule has 1 heterocycles. The molecular formula is C12H11ClN2O. The fourth-order valence-electron chi connectivity index (χ4n) is 1.44. The zero-order valence-electron chi connectivity index (χ0n) is 8.46. The Morgan fingerprint density at radius 1 is 1.06 bits per heavy atom. The van der Waals surface area contributed by atoms with E-state index in [1.165, 1.54) is 0 Å². The summed E-state index contributed by atoms with van der Waals surface area (Å²) < 4.78 is 0. The van der Waals surface area contributed by atoms with Gasteiger partial charge in [-0.1, -0.05) is 24.3 Å². The number of hydrogen-bond acceptors (Lipinski definition) is 2. The van der Waals surface area contributed by atoms with E-state index in [-0.39, 0.29) is 12.4 Å². The highest BCUT2D eigenvalue weighted by molar-refractivity contribution is 5.99. The minimum absolute atomic E-state index is 0. The SMILES string of the molecule is Cl.NC(=O)c1ccccc1-c1ccccn1. The van der Waals surface area contributed by atoms with E-state index >= 15 is 0 Å². The van der Waals surface area contributed by atoms with Crippen LogP contribution < -0.4 is 5.73 Å². The highest BCUT2D eigenvalue weighted by atomic mass is 35.5. The Bertz CT molecular complexity index is 485. The standard InChI is InChI=1S/C12H10N2O.ClH/c13-12(15)10-6-2-1-5-9(10)11-7-3-4-8-14-11;/h1-8H,(H2,13,15);1H. The molecule has 1 aromatic heterocycles. The molecule has 0 aliphatic carbocycles. The molecule has 0 bridgehead atoms. The predicted molar refractivity (Wildman–Crippen MR) is 65.4 cm³/mol. The maximum atomic E-state index is 11.2. The zero-order valence-corrected chi connectivity index (χ0v) is 9.28. The van der Waals surface area contributed by atoms with Crippen LogP contribution in [-0.4, -0.2) is 10.9 Å². The maximum Gasteiger partial charge on any atom is 0.249 e. The fourth-order valence-corrected chi connectivity index (χ4v) is 1.44. The van der Waals surface area contributed by atoms with E-state index in [0.717, 1.165) is 11.3 Å². The number of aromatic nitrogens is 1. The first-order chi connectivity index (χ1) is 7.29. The van der Waals surface area contributed by atoms with Crippen molar-refractivity contribution in [2.45, 2.75) is 0 Å². The lowest BCUT2D eigenvalue weighted by atomic mass is 10.0. The zero-order chi connectivity index (χ0) is 10.7. The average Bonchev–Trinajstić information content (AvgIpc) is 2.30. The summed E-state index contributed by atoms with van der Waals surface area (Å²) >= 11 is 0. The molecule has 16 heavy (non-hydrogen) atoms. The van der Waals surface area contributed by atoms with Crippen molar-refractivity contribution in [3.8, 4) is 11.3 Å². The summed E-state index contributed by atoms with van der Waals surface area (Å²) in [6.45, 7) is 0. The van der Waals surface area contributed by atoms with Gasteiger partial charge < -0.3 is 5.73 Å². The number of nitrogens with zero attached hydrogens (tertiary/aromatic N) is 1.